The van der Waals surface area contributed by atoms with E-state index in [0.717, 1.165) is 17.5 Å². The lowest BCUT2D eigenvalue weighted by atomic mass is 10.1. The third-order valence-corrected chi connectivity index (χ3v) is 4.29. The van der Waals surface area contributed by atoms with Crippen LogP contribution in [0, 0.1) is 6.92 Å². The van der Waals surface area contributed by atoms with Crippen molar-refractivity contribution in [2.75, 3.05) is 13.2 Å². The van der Waals surface area contributed by atoms with Crippen LogP contribution in [0.1, 0.15) is 37.0 Å². The number of rotatable bonds is 7. The molecular weight excluding hydrogens is 378 g/mol. The number of esters is 1. The molecule has 1 aliphatic heterocycles. The first-order chi connectivity index (χ1) is 13.5. The predicted octanol–water partition coefficient (Wildman–Crippen LogP) is 5.18. The maximum absolute atomic E-state index is 12.2. The topological polar surface area (TPSA) is 57.1 Å². The second kappa shape index (κ2) is 8.93. The first-order valence-electron chi connectivity index (χ1n) is 9.20. The number of nitrogens with zero attached hydrogens (tertiary/aromatic N) is 1. The Bertz CT molecular complexity index is 932. The molecule has 0 bridgehead atoms. The molecule has 0 spiro atoms. The number of hydrogen-bond acceptors (Lipinski definition) is 5. The molecule has 0 aromatic heterocycles. The minimum absolute atomic E-state index is 0.205. The number of benzene rings is 2. The highest BCUT2D eigenvalue weighted by molar-refractivity contribution is 6.32. The van der Waals surface area contributed by atoms with E-state index in [1.807, 2.05) is 45.0 Å². The van der Waals surface area contributed by atoms with Crippen LogP contribution in [0.4, 0.5) is 0 Å². The predicted molar refractivity (Wildman–Crippen MR) is 110 cm³/mol. The van der Waals surface area contributed by atoms with Crippen molar-refractivity contribution in [3.8, 4) is 11.5 Å². The number of carbonyl (C=O) groups excluding carboxylic acids is 1. The molecule has 2 aromatic carbocycles. The van der Waals surface area contributed by atoms with Crippen molar-refractivity contribution in [3.63, 3.8) is 0 Å². The largest absolute Gasteiger partial charge is 0.490 e. The van der Waals surface area contributed by atoms with Crippen molar-refractivity contribution in [2.45, 2.75) is 27.2 Å². The minimum Gasteiger partial charge on any atom is -0.490 e. The number of aliphatic imine (C=N–C) groups is 1. The van der Waals surface area contributed by atoms with E-state index in [-0.39, 0.29) is 11.6 Å². The summed E-state index contributed by atoms with van der Waals surface area (Å²) in [6.45, 7) is 6.90. The van der Waals surface area contributed by atoms with Gasteiger partial charge in [-0.2, -0.15) is 0 Å². The van der Waals surface area contributed by atoms with Gasteiger partial charge in [-0.3, -0.25) is 0 Å². The maximum atomic E-state index is 12.2. The SMILES string of the molecule is CCCOc1c(Cl)cc(/C=C2/N=C(c3ccc(C)cc3)OC2=O)cc1OCC. The van der Waals surface area contributed by atoms with E-state index in [4.69, 9.17) is 25.8 Å². The molecule has 0 unspecified atom stereocenters. The van der Waals surface area contributed by atoms with Crippen molar-refractivity contribution in [2.24, 2.45) is 4.99 Å². The van der Waals surface area contributed by atoms with Gasteiger partial charge in [0.2, 0.25) is 5.90 Å². The summed E-state index contributed by atoms with van der Waals surface area (Å²) in [7, 11) is 0. The summed E-state index contributed by atoms with van der Waals surface area (Å²) in [5.41, 5.74) is 2.75. The van der Waals surface area contributed by atoms with E-state index < -0.39 is 5.97 Å². The Labute approximate surface area is 169 Å². The fourth-order valence-corrected chi connectivity index (χ4v) is 2.94. The van der Waals surface area contributed by atoms with Gasteiger partial charge in [-0.15, -0.1) is 0 Å². The highest BCUT2D eigenvalue weighted by Gasteiger charge is 2.24. The second-order valence-corrected chi connectivity index (χ2v) is 6.72. The summed E-state index contributed by atoms with van der Waals surface area (Å²) in [6.07, 6.45) is 2.48. The van der Waals surface area contributed by atoms with Gasteiger partial charge in [0.25, 0.3) is 0 Å². The van der Waals surface area contributed by atoms with E-state index in [0.29, 0.717) is 35.3 Å². The summed E-state index contributed by atoms with van der Waals surface area (Å²) >= 11 is 6.38. The molecule has 0 saturated heterocycles. The molecule has 3 rings (SSSR count). The fraction of sp³-hybridized carbons (Fsp3) is 0.273. The van der Waals surface area contributed by atoms with Crippen LogP contribution in [0.15, 0.2) is 47.1 Å². The van der Waals surface area contributed by atoms with Crippen molar-refractivity contribution >= 4 is 29.5 Å². The van der Waals surface area contributed by atoms with E-state index in [1.165, 1.54) is 0 Å². The standard InChI is InChI=1S/C22H22ClNO4/c1-4-10-27-20-17(23)11-15(13-19(20)26-5-2)12-18-22(25)28-21(24-18)16-8-6-14(3)7-9-16/h6-9,11-13H,4-5,10H2,1-3H3/b18-12+. The maximum Gasteiger partial charge on any atom is 0.363 e. The normalized spacial score (nSPS) is 14.8. The smallest absolute Gasteiger partial charge is 0.363 e. The molecule has 0 N–H and O–H groups in total. The molecule has 6 heteroatoms. The highest BCUT2D eigenvalue weighted by atomic mass is 35.5. The van der Waals surface area contributed by atoms with E-state index in [2.05, 4.69) is 4.99 Å². The molecule has 5 nitrogen and oxygen atoms in total. The number of cyclic esters (lactones) is 1. The summed E-state index contributed by atoms with van der Waals surface area (Å²) in [5, 5.41) is 0.417. The van der Waals surface area contributed by atoms with E-state index >= 15 is 0 Å². The van der Waals surface area contributed by atoms with Crippen LogP contribution in [0.5, 0.6) is 11.5 Å². The Hall–Kier alpha value is -2.79. The van der Waals surface area contributed by atoms with Gasteiger partial charge in [0.15, 0.2) is 17.2 Å². The molecule has 146 valence electrons. The van der Waals surface area contributed by atoms with Crippen LogP contribution in [-0.2, 0) is 9.53 Å². The zero-order valence-electron chi connectivity index (χ0n) is 16.1. The van der Waals surface area contributed by atoms with Crippen LogP contribution >= 0.6 is 11.6 Å². The molecule has 0 fully saturated rings. The zero-order chi connectivity index (χ0) is 20.1. The van der Waals surface area contributed by atoms with Crippen LogP contribution in [0.3, 0.4) is 0 Å². The second-order valence-electron chi connectivity index (χ2n) is 6.31. The van der Waals surface area contributed by atoms with Crippen molar-refractivity contribution < 1.29 is 19.0 Å². The Kier molecular flexibility index (Phi) is 6.37. The molecule has 1 heterocycles. The number of aryl methyl sites for hydroxylation is 1. The Morgan fingerprint density at radius 1 is 1.14 bits per heavy atom. The average molecular weight is 400 g/mol. The molecule has 0 amide bonds. The van der Waals surface area contributed by atoms with Gasteiger partial charge in [-0.1, -0.05) is 36.2 Å². The fourth-order valence-electron chi connectivity index (χ4n) is 2.67. The lowest BCUT2D eigenvalue weighted by molar-refractivity contribution is -0.129. The molecule has 0 aliphatic carbocycles. The van der Waals surface area contributed by atoms with Gasteiger partial charge < -0.3 is 14.2 Å². The van der Waals surface area contributed by atoms with Crippen molar-refractivity contribution in [1.82, 2.24) is 0 Å². The minimum atomic E-state index is -0.504. The number of ether oxygens (including phenoxy) is 3. The average Bonchev–Trinajstić information content (AvgIpc) is 3.02. The third-order valence-electron chi connectivity index (χ3n) is 4.00. The number of hydrogen-bond donors (Lipinski definition) is 0. The van der Waals surface area contributed by atoms with Gasteiger partial charge in [-0.05, 0) is 56.2 Å². The number of carbonyl (C=O) groups is 1. The van der Waals surface area contributed by atoms with Gasteiger partial charge in [0.05, 0.1) is 18.2 Å². The summed E-state index contributed by atoms with van der Waals surface area (Å²) in [5.74, 6) is 0.820. The van der Waals surface area contributed by atoms with E-state index in [1.54, 1.807) is 18.2 Å². The van der Waals surface area contributed by atoms with Crippen LogP contribution in [-0.4, -0.2) is 25.1 Å². The number of halogens is 1. The molecule has 0 saturated carbocycles. The zero-order valence-corrected chi connectivity index (χ0v) is 16.9. The Balaban J connectivity index is 1.93. The molecule has 2 aromatic rings. The van der Waals surface area contributed by atoms with Gasteiger partial charge >= 0.3 is 5.97 Å². The van der Waals surface area contributed by atoms with E-state index in [9.17, 15) is 4.79 Å². The molecule has 0 radical (unpaired) electrons. The first-order valence-corrected chi connectivity index (χ1v) is 9.58. The van der Waals surface area contributed by atoms with Crippen LogP contribution in [0.25, 0.3) is 6.08 Å². The molecule has 1 aliphatic rings. The monoisotopic (exact) mass is 399 g/mol. The van der Waals surface area contributed by atoms with Crippen molar-refractivity contribution in [3.05, 3.63) is 63.8 Å². The Morgan fingerprint density at radius 2 is 1.89 bits per heavy atom. The Morgan fingerprint density at radius 3 is 2.57 bits per heavy atom. The lowest BCUT2D eigenvalue weighted by Crippen LogP contribution is -2.05. The van der Waals surface area contributed by atoms with Gasteiger partial charge in [-0.25, -0.2) is 9.79 Å². The van der Waals surface area contributed by atoms with Crippen LogP contribution < -0.4 is 9.47 Å². The molecular formula is C22H22ClNO4. The first kappa shape index (κ1) is 20.0. The molecule has 0 atom stereocenters. The van der Waals surface area contributed by atoms with Crippen molar-refractivity contribution in [1.29, 1.82) is 0 Å². The van der Waals surface area contributed by atoms with Gasteiger partial charge in [0, 0.05) is 5.56 Å². The quantitative estimate of drug-likeness (QED) is 0.475. The summed E-state index contributed by atoms with van der Waals surface area (Å²) in [6, 6.07) is 11.1. The van der Waals surface area contributed by atoms with Crippen LogP contribution in [0.2, 0.25) is 5.02 Å². The summed E-state index contributed by atoms with van der Waals surface area (Å²) < 4.78 is 16.7. The molecule has 28 heavy (non-hydrogen) atoms. The highest BCUT2D eigenvalue weighted by Crippen LogP contribution is 2.37. The van der Waals surface area contributed by atoms with Gasteiger partial charge in [0.1, 0.15) is 0 Å². The lowest BCUT2D eigenvalue weighted by Gasteiger charge is -2.14. The summed E-state index contributed by atoms with van der Waals surface area (Å²) in [4.78, 5) is 16.6. The third kappa shape index (κ3) is 4.54.